The molecule has 1 fully saturated rings. The van der Waals surface area contributed by atoms with Crippen LogP contribution in [0.4, 0.5) is 5.82 Å². The zero-order valence-electron chi connectivity index (χ0n) is 21.1. The number of hydrogen-bond acceptors (Lipinski definition) is 6. The maximum absolute atomic E-state index is 9.52. The molecule has 3 rings (SSSR count). The molecule has 1 aliphatic carbocycles. The van der Waals surface area contributed by atoms with Crippen LogP contribution in [0.25, 0.3) is 16.6 Å². The Bertz CT molecular complexity index is 898. The Morgan fingerprint density at radius 3 is 2.67 bits per heavy atom. The fraction of sp³-hybridized carbons (Fsp3) is 0.556. The summed E-state index contributed by atoms with van der Waals surface area (Å²) in [5.74, 6) is 2.06. The van der Waals surface area contributed by atoms with Crippen LogP contribution in [-0.4, -0.2) is 34.8 Å². The first kappa shape index (κ1) is 27.2. The SMILES string of the molecule is C=C/C=C\c1nc(-c2c(C)cc(CNCC3CC3)nc2NCCC(CC)CO)sc1C.CC. The molecule has 2 heterocycles. The minimum atomic E-state index is 0.229. The second-order valence-electron chi connectivity index (χ2n) is 8.46. The molecule has 3 N–H and O–H groups in total. The zero-order valence-corrected chi connectivity index (χ0v) is 21.9. The van der Waals surface area contributed by atoms with Gasteiger partial charge in [0, 0.05) is 24.6 Å². The number of thiazole rings is 1. The summed E-state index contributed by atoms with van der Waals surface area (Å²) in [6.07, 6.45) is 10.3. The van der Waals surface area contributed by atoms with Crippen LogP contribution < -0.4 is 10.6 Å². The van der Waals surface area contributed by atoms with Crippen molar-refractivity contribution >= 4 is 23.2 Å². The summed E-state index contributed by atoms with van der Waals surface area (Å²) >= 11 is 1.70. The van der Waals surface area contributed by atoms with Crippen molar-refractivity contribution in [3.8, 4) is 10.6 Å². The summed E-state index contributed by atoms with van der Waals surface area (Å²) in [6, 6.07) is 2.18. The lowest BCUT2D eigenvalue weighted by Gasteiger charge is -2.17. The smallest absolute Gasteiger partial charge is 0.136 e. The number of rotatable bonds is 13. The summed E-state index contributed by atoms with van der Waals surface area (Å²) in [7, 11) is 0. The molecule has 1 aliphatic rings. The van der Waals surface area contributed by atoms with Crippen LogP contribution in [-0.2, 0) is 6.54 Å². The van der Waals surface area contributed by atoms with Crippen molar-refractivity contribution in [1.29, 1.82) is 0 Å². The highest BCUT2D eigenvalue weighted by Crippen LogP contribution is 2.35. The van der Waals surface area contributed by atoms with Crippen LogP contribution in [0.5, 0.6) is 0 Å². The highest BCUT2D eigenvalue weighted by Gasteiger charge is 2.21. The number of nitrogens with one attached hydrogen (secondary N) is 2. The first-order valence-corrected chi connectivity index (χ1v) is 13.2. The van der Waals surface area contributed by atoms with Gasteiger partial charge in [-0.3, -0.25) is 0 Å². The van der Waals surface area contributed by atoms with E-state index in [4.69, 9.17) is 9.97 Å². The van der Waals surface area contributed by atoms with E-state index >= 15 is 0 Å². The Balaban J connectivity index is 0.00000187. The zero-order chi connectivity index (χ0) is 24.2. The lowest BCUT2D eigenvalue weighted by molar-refractivity contribution is 0.217. The minimum Gasteiger partial charge on any atom is -0.396 e. The molecule has 0 spiro atoms. The normalized spacial score (nSPS) is 14.1. The van der Waals surface area contributed by atoms with Gasteiger partial charge in [-0.2, -0.15) is 0 Å². The van der Waals surface area contributed by atoms with E-state index in [9.17, 15) is 5.11 Å². The van der Waals surface area contributed by atoms with E-state index in [-0.39, 0.29) is 6.61 Å². The fourth-order valence-corrected chi connectivity index (χ4v) is 4.62. The lowest BCUT2D eigenvalue weighted by Crippen LogP contribution is -2.18. The van der Waals surface area contributed by atoms with Crippen molar-refractivity contribution < 1.29 is 5.11 Å². The third-order valence-electron chi connectivity index (χ3n) is 5.82. The van der Waals surface area contributed by atoms with Crippen molar-refractivity contribution in [3.63, 3.8) is 0 Å². The first-order valence-electron chi connectivity index (χ1n) is 12.4. The number of aryl methyl sites for hydroxylation is 2. The van der Waals surface area contributed by atoms with Crippen molar-refractivity contribution in [1.82, 2.24) is 15.3 Å². The maximum Gasteiger partial charge on any atom is 0.136 e. The molecule has 0 amide bonds. The molecule has 6 heteroatoms. The molecule has 1 unspecified atom stereocenters. The molecule has 2 aromatic heterocycles. The van der Waals surface area contributed by atoms with Crippen molar-refractivity contribution in [2.24, 2.45) is 11.8 Å². The van der Waals surface area contributed by atoms with Gasteiger partial charge < -0.3 is 15.7 Å². The predicted octanol–water partition coefficient (Wildman–Crippen LogP) is 6.37. The Morgan fingerprint density at radius 2 is 2.03 bits per heavy atom. The number of allylic oxidation sites excluding steroid dienone is 2. The Kier molecular flexibility index (Phi) is 11.8. The molecule has 2 aromatic rings. The molecule has 0 bridgehead atoms. The van der Waals surface area contributed by atoms with E-state index < -0.39 is 0 Å². The first-order chi connectivity index (χ1) is 16.0. The molecular formula is C27H42N4OS. The van der Waals surface area contributed by atoms with Gasteiger partial charge in [0.25, 0.3) is 0 Å². The Labute approximate surface area is 204 Å². The summed E-state index contributed by atoms with van der Waals surface area (Å²) in [5.41, 5.74) is 4.29. The number of hydrogen-bond donors (Lipinski definition) is 3. The highest BCUT2D eigenvalue weighted by molar-refractivity contribution is 7.15. The van der Waals surface area contributed by atoms with E-state index in [1.165, 1.54) is 23.3 Å². The largest absolute Gasteiger partial charge is 0.396 e. The maximum atomic E-state index is 9.52. The summed E-state index contributed by atoms with van der Waals surface area (Å²) < 4.78 is 0. The molecule has 0 saturated heterocycles. The molecule has 5 nitrogen and oxygen atoms in total. The quantitative estimate of drug-likeness (QED) is 0.297. The second-order valence-corrected chi connectivity index (χ2v) is 9.66. The van der Waals surface area contributed by atoms with Gasteiger partial charge in [0.2, 0.25) is 0 Å². The van der Waals surface area contributed by atoms with Crippen LogP contribution in [0.3, 0.4) is 0 Å². The number of anilines is 1. The van der Waals surface area contributed by atoms with E-state index in [1.807, 2.05) is 26.0 Å². The Morgan fingerprint density at radius 1 is 1.27 bits per heavy atom. The van der Waals surface area contributed by atoms with Gasteiger partial charge in [-0.25, -0.2) is 9.97 Å². The van der Waals surface area contributed by atoms with Gasteiger partial charge in [-0.15, -0.1) is 11.3 Å². The molecular weight excluding hydrogens is 428 g/mol. The van der Waals surface area contributed by atoms with Crippen LogP contribution in [0.15, 0.2) is 24.8 Å². The molecule has 182 valence electrons. The molecule has 1 saturated carbocycles. The summed E-state index contributed by atoms with van der Waals surface area (Å²) in [4.78, 5) is 11.0. The van der Waals surface area contributed by atoms with Crippen LogP contribution in [0.2, 0.25) is 0 Å². The Hall–Kier alpha value is -2.02. The van der Waals surface area contributed by atoms with E-state index in [2.05, 4.69) is 44.1 Å². The minimum absolute atomic E-state index is 0.229. The number of nitrogens with zero attached hydrogens (tertiary/aromatic N) is 2. The average Bonchev–Trinajstić information content (AvgIpc) is 3.57. The summed E-state index contributed by atoms with van der Waals surface area (Å²) in [5, 5.41) is 17.6. The van der Waals surface area contributed by atoms with Gasteiger partial charge in [0.05, 0.1) is 17.0 Å². The summed E-state index contributed by atoms with van der Waals surface area (Å²) in [6.45, 7) is 17.0. The molecule has 33 heavy (non-hydrogen) atoms. The van der Waals surface area contributed by atoms with Crippen molar-refractivity contribution in [2.45, 2.75) is 66.8 Å². The van der Waals surface area contributed by atoms with Gasteiger partial charge in [-0.05, 0) is 69.2 Å². The number of aliphatic hydroxyl groups is 1. The van der Waals surface area contributed by atoms with E-state index in [0.29, 0.717) is 5.92 Å². The highest BCUT2D eigenvalue weighted by atomic mass is 32.1. The third-order valence-corrected chi connectivity index (χ3v) is 6.83. The number of pyridine rings is 1. The number of aromatic nitrogens is 2. The van der Waals surface area contributed by atoms with Crippen LogP contribution in [0, 0.1) is 25.7 Å². The number of aliphatic hydroxyl groups excluding tert-OH is 1. The molecule has 0 aromatic carbocycles. The van der Waals surface area contributed by atoms with Crippen LogP contribution in [0.1, 0.15) is 68.3 Å². The van der Waals surface area contributed by atoms with Gasteiger partial charge in [0.15, 0.2) is 0 Å². The van der Waals surface area contributed by atoms with Crippen molar-refractivity contribution in [2.75, 3.05) is 25.0 Å². The molecule has 1 atom stereocenters. The van der Waals surface area contributed by atoms with E-state index in [1.54, 1.807) is 17.4 Å². The monoisotopic (exact) mass is 470 g/mol. The van der Waals surface area contributed by atoms with Gasteiger partial charge in [-0.1, -0.05) is 45.9 Å². The van der Waals surface area contributed by atoms with Crippen LogP contribution >= 0.6 is 11.3 Å². The molecule has 0 radical (unpaired) electrons. The van der Waals surface area contributed by atoms with Gasteiger partial charge in [0.1, 0.15) is 10.8 Å². The lowest BCUT2D eigenvalue weighted by atomic mass is 10.0. The molecule has 0 aliphatic heterocycles. The van der Waals surface area contributed by atoms with Crippen molar-refractivity contribution in [3.05, 3.63) is 46.6 Å². The fourth-order valence-electron chi connectivity index (χ4n) is 3.60. The topological polar surface area (TPSA) is 70.1 Å². The third kappa shape index (κ3) is 8.36. The second kappa shape index (κ2) is 14.3. The standard InChI is InChI=1S/C25H36N4OS.C2H6/c1-5-7-8-22-18(4)31-25(29-22)23-17(3)13-21(15-26-14-20-9-10-20)28-24(23)27-12-11-19(6-2)16-30;1-2/h5,7-8,13,19-20,26,30H,1,6,9-12,14-16H2,2-4H3,(H,27,28);1-2H3/b8-7-;. The van der Waals surface area contributed by atoms with E-state index in [0.717, 1.165) is 66.2 Å². The average molecular weight is 471 g/mol. The van der Waals surface area contributed by atoms with Gasteiger partial charge >= 0.3 is 0 Å². The predicted molar refractivity (Wildman–Crippen MR) is 144 cm³/mol.